The minimum absolute atomic E-state index is 0.0420. The Bertz CT molecular complexity index is 603. The number of rotatable bonds is 11. The first kappa shape index (κ1) is 20.4. The molecular weight excluding hydrogens is 328 g/mol. The molecule has 0 heterocycles. The summed E-state index contributed by atoms with van der Waals surface area (Å²) < 4.78 is 10.2. The summed E-state index contributed by atoms with van der Waals surface area (Å²) in [5.41, 5.74) is -0.119. The molecule has 0 fully saturated rings. The minimum Gasteiger partial charge on any atom is -0.487 e. The van der Waals surface area contributed by atoms with Crippen molar-refractivity contribution in [3.05, 3.63) is 33.9 Å². The van der Waals surface area contributed by atoms with Gasteiger partial charge in [-0.1, -0.05) is 19.8 Å². The number of hydrogen-bond acceptors (Lipinski definition) is 6. The molecule has 1 aromatic carbocycles. The number of amides is 1. The number of nitrogens with zero attached hydrogens (tertiary/aromatic N) is 1. The molecule has 25 heavy (non-hydrogen) atoms. The second kappa shape index (κ2) is 11.0. The van der Waals surface area contributed by atoms with E-state index in [1.54, 1.807) is 6.92 Å². The van der Waals surface area contributed by atoms with E-state index in [9.17, 15) is 19.7 Å². The third-order valence-electron chi connectivity index (χ3n) is 3.34. The van der Waals surface area contributed by atoms with Gasteiger partial charge < -0.3 is 14.8 Å². The van der Waals surface area contributed by atoms with Crippen LogP contribution >= 0.6 is 0 Å². The zero-order valence-electron chi connectivity index (χ0n) is 14.6. The Labute approximate surface area is 146 Å². The number of ether oxygens (including phenoxy) is 2. The van der Waals surface area contributed by atoms with E-state index in [-0.39, 0.29) is 36.6 Å². The van der Waals surface area contributed by atoms with Crippen molar-refractivity contribution in [2.24, 2.45) is 0 Å². The van der Waals surface area contributed by atoms with Crippen molar-refractivity contribution in [1.29, 1.82) is 0 Å². The maximum Gasteiger partial charge on any atom is 0.311 e. The smallest absolute Gasteiger partial charge is 0.311 e. The molecule has 1 rings (SSSR count). The monoisotopic (exact) mass is 352 g/mol. The van der Waals surface area contributed by atoms with Crippen molar-refractivity contribution in [1.82, 2.24) is 5.32 Å². The zero-order valence-corrected chi connectivity index (χ0v) is 14.6. The van der Waals surface area contributed by atoms with Gasteiger partial charge in [-0.05, 0) is 25.5 Å². The summed E-state index contributed by atoms with van der Waals surface area (Å²) in [6.45, 7) is 4.51. The van der Waals surface area contributed by atoms with Gasteiger partial charge in [-0.3, -0.25) is 19.7 Å². The molecule has 138 valence electrons. The Morgan fingerprint density at radius 1 is 1.24 bits per heavy atom. The third-order valence-corrected chi connectivity index (χ3v) is 3.34. The van der Waals surface area contributed by atoms with Gasteiger partial charge in [0.25, 0.3) is 5.91 Å². The van der Waals surface area contributed by atoms with E-state index in [2.05, 4.69) is 12.2 Å². The maximum atomic E-state index is 12.0. The first-order valence-corrected chi connectivity index (χ1v) is 8.34. The number of carbonyl (C=O) groups is 2. The van der Waals surface area contributed by atoms with Crippen molar-refractivity contribution in [3.8, 4) is 5.75 Å². The number of carbonyl (C=O) groups excluding carboxylic acids is 2. The van der Waals surface area contributed by atoms with Gasteiger partial charge in [0.1, 0.15) is 0 Å². The summed E-state index contributed by atoms with van der Waals surface area (Å²) in [6, 6.07) is 4.06. The number of nitro groups is 1. The van der Waals surface area contributed by atoms with E-state index < -0.39 is 16.8 Å². The number of benzene rings is 1. The molecule has 1 amide bonds. The van der Waals surface area contributed by atoms with E-state index in [4.69, 9.17) is 9.47 Å². The molecular formula is C17H24N2O6. The van der Waals surface area contributed by atoms with E-state index in [0.29, 0.717) is 6.61 Å². The van der Waals surface area contributed by atoms with Crippen molar-refractivity contribution in [2.75, 3.05) is 19.8 Å². The summed E-state index contributed by atoms with van der Waals surface area (Å²) in [5, 5.41) is 13.7. The highest BCUT2D eigenvalue weighted by Crippen LogP contribution is 2.28. The summed E-state index contributed by atoms with van der Waals surface area (Å²) >= 11 is 0. The van der Waals surface area contributed by atoms with E-state index >= 15 is 0 Å². The Kier molecular flexibility index (Phi) is 8.99. The molecule has 0 aliphatic rings. The van der Waals surface area contributed by atoms with Crippen LogP contribution in [0.15, 0.2) is 18.2 Å². The fourth-order valence-corrected chi connectivity index (χ4v) is 2.07. The van der Waals surface area contributed by atoms with Crippen LogP contribution in [0.2, 0.25) is 0 Å². The largest absolute Gasteiger partial charge is 0.487 e. The molecule has 8 nitrogen and oxygen atoms in total. The lowest BCUT2D eigenvalue weighted by atomic mass is 10.1. The summed E-state index contributed by atoms with van der Waals surface area (Å²) in [5.74, 6) is -0.765. The highest BCUT2D eigenvalue weighted by atomic mass is 16.6. The van der Waals surface area contributed by atoms with Gasteiger partial charge in [-0.25, -0.2) is 0 Å². The first-order chi connectivity index (χ1) is 12.0. The fraction of sp³-hybridized carbons (Fsp3) is 0.529. The average Bonchev–Trinajstić information content (AvgIpc) is 2.58. The van der Waals surface area contributed by atoms with Crippen LogP contribution in [-0.4, -0.2) is 36.6 Å². The van der Waals surface area contributed by atoms with Crippen LogP contribution in [0, 0.1) is 10.1 Å². The molecule has 0 unspecified atom stereocenters. The second-order valence-electron chi connectivity index (χ2n) is 5.31. The molecule has 1 aromatic rings. The summed E-state index contributed by atoms with van der Waals surface area (Å²) in [4.78, 5) is 33.9. The van der Waals surface area contributed by atoms with Crippen LogP contribution in [0.25, 0.3) is 0 Å². The lowest BCUT2D eigenvalue weighted by Crippen LogP contribution is -2.26. The van der Waals surface area contributed by atoms with Gasteiger partial charge >= 0.3 is 11.7 Å². The van der Waals surface area contributed by atoms with Crippen molar-refractivity contribution in [2.45, 2.75) is 39.5 Å². The predicted molar refractivity (Wildman–Crippen MR) is 91.7 cm³/mol. The fourth-order valence-electron chi connectivity index (χ4n) is 2.07. The van der Waals surface area contributed by atoms with Crippen molar-refractivity contribution in [3.63, 3.8) is 0 Å². The molecule has 0 aromatic heterocycles. The van der Waals surface area contributed by atoms with Crippen LogP contribution in [0.3, 0.4) is 0 Å². The topological polar surface area (TPSA) is 108 Å². The minimum atomic E-state index is -0.579. The molecule has 8 heteroatoms. The summed E-state index contributed by atoms with van der Waals surface area (Å²) in [7, 11) is 0. The van der Waals surface area contributed by atoms with Crippen LogP contribution in [0.1, 0.15) is 49.9 Å². The molecule has 0 spiro atoms. The van der Waals surface area contributed by atoms with Gasteiger partial charge in [0, 0.05) is 18.2 Å². The molecule has 0 bridgehead atoms. The molecule has 0 aliphatic heterocycles. The lowest BCUT2D eigenvalue weighted by molar-refractivity contribution is -0.385. The van der Waals surface area contributed by atoms with Crippen LogP contribution in [0.4, 0.5) is 5.69 Å². The molecule has 1 N–H and O–H groups in total. The quantitative estimate of drug-likeness (QED) is 0.284. The predicted octanol–water partition coefficient (Wildman–Crippen LogP) is 2.85. The van der Waals surface area contributed by atoms with E-state index in [0.717, 1.165) is 19.3 Å². The number of nitrogens with one attached hydrogen (secondary N) is 1. The van der Waals surface area contributed by atoms with Crippen LogP contribution < -0.4 is 10.1 Å². The third kappa shape index (κ3) is 7.19. The number of nitro benzene ring substituents is 1. The highest BCUT2D eigenvalue weighted by molar-refractivity contribution is 5.95. The van der Waals surface area contributed by atoms with Gasteiger partial charge in [0.15, 0.2) is 5.75 Å². The van der Waals surface area contributed by atoms with E-state index in [1.165, 1.54) is 18.2 Å². The van der Waals surface area contributed by atoms with E-state index in [1.807, 2.05) is 0 Å². The molecule has 0 saturated carbocycles. The molecule has 0 radical (unpaired) electrons. The zero-order chi connectivity index (χ0) is 18.7. The Morgan fingerprint density at radius 3 is 2.64 bits per heavy atom. The second-order valence-corrected chi connectivity index (χ2v) is 5.31. The Hall–Kier alpha value is -2.64. The van der Waals surface area contributed by atoms with Gasteiger partial charge in [-0.2, -0.15) is 0 Å². The molecule has 0 saturated heterocycles. The molecule has 0 aliphatic carbocycles. The SMILES string of the molecule is CCCCCOc1ccc(C(=O)NCCC(=O)OCC)cc1[N+](=O)[O-]. The normalized spacial score (nSPS) is 10.2. The van der Waals surface area contributed by atoms with Crippen LogP contribution in [-0.2, 0) is 9.53 Å². The van der Waals surface area contributed by atoms with Gasteiger partial charge in [0.2, 0.25) is 0 Å². The van der Waals surface area contributed by atoms with Crippen molar-refractivity contribution < 1.29 is 24.0 Å². The van der Waals surface area contributed by atoms with Gasteiger partial charge in [0.05, 0.1) is 24.6 Å². The Balaban J connectivity index is 2.67. The summed E-state index contributed by atoms with van der Waals surface area (Å²) in [6.07, 6.45) is 2.86. The standard InChI is InChI=1S/C17H24N2O6/c1-3-5-6-11-25-15-8-7-13(12-14(15)19(22)23)17(21)18-10-9-16(20)24-4-2/h7-8,12H,3-6,9-11H2,1-2H3,(H,18,21). The number of esters is 1. The van der Waals surface area contributed by atoms with Gasteiger partial charge in [-0.15, -0.1) is 0 Å². The average molecular weight is 352 g/mol. The Morgan fingerprint density at radius 2 is 2.00 bits per heavy atom. The molecule has 0 atom stereocenters. The van der Waals surface area contributed by atoms with Crippen LogP contribution in [0.5, 0.6) is 5.75 Å². The first-order valence-electron chi connectivity index (χ1n) is 8.34. The van der Waals surface area contributed by atoms with Crippen molar-refractivity contribution >= 4 is 17.6 Å². The number of unbranched alkanes of at least 4 members (excludes halogenated alkanes) is 2. The highest BCUT2D eigenvalue weighted by Gasteiger charge is 2.19. The number of hydrogen-bond donors (Lipinski definition) is 1. The maximum absolute atomic E-state index is 12.0. The lowest BCUT2D eigenvalue weighted by Gasteiger charge is -2.09.